The Morgan fingerprint density at radius 1 is 1.13 bits per heavy atom. The van der Waals surface area contributed by atoms with Gasteiger partial charge in [0.25, 0.3) is 0 Å². The zero-order valence-corrected chi connectivity index (χ0v) is 22.3. The van der Waals surface area contributed by atoms with Crippen molar-refractivity contribution < 1.29 is 9.53 Å². The first-order chi connectivity index (χ1) is 18.9. The number of benzene rings is 2. The number of rotatable bonds is 8. The van der Waals surface area contributed by atoms with Crippen molar-refractivity contribution in [3.05, 3.63) is 84.4 Å². The molecule has 39 heavy (non-hydrogen) atoms. The van der Waals surface area contributed by atoms with Crippen molar-refractivity contribution in [3.8, 4) is 5.75 Å². The number of nitrogens with zero attached hydrogens (tertiary/aromatic N) is 5. The van der Waals surface area contributed by atoms with Gasteiger partial charge in [0.15, 0.2) is 0 Å². The lowest BCUT2D eigenvalue weighted by molar-refractivity contribution is -0.111. The molecule has 2 aromatic heterocycles. The number of amides is 1. The normalized spacial score (nSPS) is 15.9. The molecule has 4 aromatic rings. The number of aromatic nitrogens is 3. The summed E-state index contributed by atoms with van der Waals surface area (Å²) in [5.41, 5.74) is 4.31. The van der Waals surface area contributed by atoms with Crippen LogP contribution in [0.2, 0.25) is 5.02 Å². The molecule has 4 heterocycles. The molecule has 0 aliphatic carbocycles. The number of carbonyl (C=O) groups is 1. The van der Waals surface area contributed by atoms with Crippen LogP contribution in [0.15, 0.2) is 73.7 Å². The van der Waals surface area contributed by atoms with Crippen molar-refractivity contribution in [1.82, 2.24) is 19.9 Å². The molecule has 0 atom stereocenters. The molecule has 0 radical (unpaired) electrons. The molecular weight excluding hydrogens is 514 g/mol. The van der Waals surface area contributed by atoms with Gasteiger partial charge in [0.05, 0.1) is 27.6 Å². The maximum atomic E-state index is 12.3. The van der Waals surface area contributed by atoms with Crippen LogP contribution in [0.1, 0.15) is 5.69 Å². The Morgan fingerprint density at radius 2 is 1.97 bits per heavy atom. The molecule has 198 valence electrons. The monoisotopic (exact) mass is 541 g/mol. The lowest BCUT2D eigenvalue weighted by atomic mass is 9.73. The summed E-state index contributed by atoms with van der Waals surface area (Å²) in [5, 5.41) is 7.55. The summed E-state index contributed by atoms with van der Waals surface area (Å²) in [6.07, 6.45) is 4.52. The molecule has 1 amide bonds. The topological polar surface area (TPSA) is 95.5 Å². The Hall–Kier alpha value is -4.21. The van der Waals surface area contributed by atoms with Gasteiger partial charge < -0.3 is 25.2 Å². The molecule has 6 rings (SSSR count). The highest BCUT2D eigenvalue weighted by Gasteiger charge is 2.50. The molecule has 0 unspecified atom stereocenters. The third-order valence-electron chi connectivity index (χ3n) is 7.10. The average molecular weight is 542 g/mol. The van der Waals surface area contributed by atoms with Crippen molar-refractivity contribution >= 4 is 51.3 Å². The van der Waals surface area contributed by atoms with Crippen molar-refractivity contribution in [2.24, 2.45) is 5.41 Å². The number of likely N-dealkylation sites (tertiary alicyclic amines) is 1. The fraction of sp³-hybridized carbons (Fsp3) is 0.241. The summed E-state index contributed by atoms with van der Waals surface area (Å²) in [7, 11) is 2.14. The molecule has 9 nitrogen and oxygen atoms in total. The predicted octanol–water partition coefficient (Wildman–Crippen LogP) is 4.88. The summed E-state index contributed by atoms with van der Waals surface area (Å²) < 4.78 is 5.84. The van der Waals surface area contributed by atoms with Gasteiger partial charge in [0.1, 0.15) is 24.5 Å². The largest absolute Gasteiger partial charge is 0.486 e. The highest BCUT2D eigenvalue weighted by molar-refractivity contribution is 6.32. The zero-order valence-electron chi connectivity index (χ0n) is 21.5. The van der Waals surface area contributed by atoms with E-state index in [1.54, 1.807) is 12.3 Å². The Balaban J connectivity index is 1.25. The quantitative estimate of drug-likeness (QED) is 0.305. The van der Waals surface area contributed by atoms with E-state index in [1.165, 1.54) is 12.4 Å². The van der Waals surface area contributed by atoms with Crippen molar-refractivity contribution in [2.45, 2.75) is 6.61 Å². The van der Waals surface area contributed by atoms with Crippen LogP contribution in [0, 0.1) is 5.41 Å². The lowest BCUT2D eigenvalue weighted by Crippen LogP contribution is -2.71. The minimum absolute atomic E-state index is 0.270. The van der Waals surface area contributed by atoms with E-state index in [9.17, 15) is 4.79 Å². The fourth-order valence-electron chi connectivity index (χ4n) is 5.44. The van der Waals surface area contributed by atoms with Gasteiger partial charge >= 0.3 is 0 Å². The smallest absolute Gasteiger partial charge is 0.247 e. The molecule has 2 saturated heterocycles. The minimum Gasteiger partial charge on any atom is -0.486 e. The first-order valence-electron chi connectivity index (χ1n) is 12.7. The second kappa shape index (κ2) is 10.2. The molecule has 2 aromatic carbocycles. The molecule has 0 saturated carbocycles. The first-order valence-corrected chi connectivity index (χ1v) is 13.0. The second-order valence-corrected chi connectivity index (χ2v) is 10.6. The number of halogens is 1. The van der Waals surface area contributed by atoms with Gasteiger partial charge in [0.2, 0.25) is 5.91 Å². The standard InChI is InChI=1S/C29H28ClN7O2/c1-3-27(38)35-24-11-21-23(12-25(24)37-16-29(17-37)14-36(2)15-29)32-18-33-28(21)34-19-7-8-26(22(30)10-19)39-13-20-6-4-5-9-31-20/h3-12,18H,1,13-17H2,2H3,(H,35,38)(H,32,33,34). The first kappa shape index (κ1) is 25.1. The summed E-state index contributed by atoms with van der Waals surface area (Å²) in [6.45, 7) is 8.01. The number of ether oxygens (including phenoxy) is 1. The van der Waals surface area contributed by atoms with Gasteiger partial charge in [-0.05, 0) is 55.6 Å². The van der Waals surface area contributed by atoms with Crippen LogP contribution in [-0.4, -0.2) is 59.0 Å². The van der Waals surface area contributed by atoms with Gasteiger partial charge in [0, 0.05) is 48.9 Å². The summed E-state index contributed by atoms with van der Waals surface area (Å²) in [4.78, 5) is 30.2. The predicted molar refractivity (Wildman–Crippen MR) is 154 cm³/mol. The van der Waals surface area contributed by atoms with Gasteiger partial charge in [-0.3, -0.25) is 9.78 Å². The Kier molecular flexibility index (Phi) is 6.54. The van der Waals surface area contributed by atoms with E-state index in [0.29, 0.717) is 34.3 Å². The lowest BCUT2D eigenvalue weighted by Gasteiger charge is -2.60. The van der Waals surface area contributed by atoms with E-state index in [2.05, 4.69) is 49.0 Å². The number of pyridine rings is 1. The highest BCUT2D eigenvalue weighted by atomic mass is 35.5. The minimum atomic E-state index is -0.270. The van der Waals surface area contributed by atoms with E-state index >= 15 is 0 Å². The third kappa shape index (κ3) is 5.10. The van der Waals surface area contributed by atoms with Crippen molar-refractivity contribution in [2.75, 3.05) is 48.8 Å². The summed E-state index contributed by atoms with van der Waals surface area (Å²) in [6, 6.07) is 15.1. The number of hydrogen-bond acceptors (Lipinski definition) is 8. The van der Waals surface area contributed by atoms with Crippen LogP contribution >= 0.6 is 11.6 Å². The van der Waals surface area contributed by atoms with E-state index in [4.69, 9.17) is 16.3 Å². The maximum absolute atomic E-state index is 12.3. The van der Waals surface area contributed by atoms with E-state index in [1.807, 2.05) is 42.5 Å². The number of hydrogen-bond donors (Lipinski definition) is 2. The Morgan fingerprint density at radius 3 is 2.69 bits per heavy atom. The van der Waals surface area contributed by atoms with Crippen LogP contribution in [0.5, 0.6) is 5.75 Å². The molecule has 0 bridgehead atoms. The van der Waals surface area contributed by atoms with Gasteiger partial charge in [-0.2, -0.15) is 0 Å². The van der Waals surface area contributed by atoms with Crippen molar-refractivity contribution in [3.63, 3.8) is 0 Å². The SMILES string of the molecule is C=CC(=O)Nc1cc2c(Nc3ccc(OCc4ccccn4)c(Cl)c3)ncnc2cc1N1CC2(CN(C)C2)C1. The summed E-state index contributed by atoms with van der Waals surface area (Å²) >= 11 is 6.52. The molecule has 10 heteroatoms. The van der Waals surface area contributed by atoms with Crippen LogP contribution in [0.25, 0.3) is 10.9 Å². The van der Waals surface area contributed by atoms with E-state index in [0.717, 1.165) is 54.2 Å². The van der Waals surface area contributed by atoms with Gasteiger partial charge in [-0.15, -0.1) is 0 Å². The van der Waals surface area contributed by atoms with Gasteiger partial charge in [-0.1, -0.05) is 24.2 Å². The van der Waals surface area contributed by atoms with Crippen LogP contribution in [0.4, 0.5) is 22.9 Å². The number of nitrogens with one attached hydrogen (secondary N) is 2. The molecule has 2 aliphatic rings. The number of carbonyl (C=O) groups excluding carboxylic acids is 1. The molecule has 2 N–H and O–H groups in total. The molecular formula is C29H28ClN7O2. The molecule has 2 fully saturated rings. The fourth-order valence-corrected chi connectivity index (χ4v) is 5.67. The Labute approximate surface area is 231 Å². The Bertz CT molecular complexity index is 1550. The molecule has 1 spiro atoms. The average Bonchev–Trinajstić information content (AvgIpc) is 2.90. The van der Waals surface area contributed by atoms with Crippen LogP contribution in [-0.2, 0) is 11.4 Å². The van der Waals surface area contributed by atoms with Gasteiger partial charge in [-0.25, -0.2) is 9.97 Å². The zero-order chi connectivity index (χ0) is 27.0. The second-order valence-electron chi connectivity index (χ2n) is 10.2. The number of fused-ring (bicyclic) bond motifs is 1. The third-order valence-corrected chi connectivity index (χ3v) is 7.39. The van der Waals surface area contributed by atoms with Crippen LogP contribution < -0.4 is 20.3 Å². The maximum Gasteiger partial charge on any atom is 0.247 e. The summed E-state index contributed by atoms with van der Waals surface area (Å²) in [5.74, 6) is 0.887. The number of anilines is 4. The van der Waals surface area contributed by atoms with Crippen molar-refractivity contribution in [1.29, 1.82) is 0 Å². The van der Waals surface area contributed by atoms with E-state index < -0.39 is 0 Å². The van der Waals surface area contributed by atoms with Crippen LogP contribution in [0.3, 0.4) is 0 Å². The van der Waals surface area contributed by atoms with E-state index in [-0.39, 0.29) is 5.91 Å². The molecule has 2 aliphatic heterocycles. The highest BCUT2D eigenvalue weighted by Crippen LogP contribution is 2.44.